The number of rotatable bonds is 1. The van der Waals surface area contributed by atoms with Gasteiger partial charge in [0.15, 0.2) is 0 Å². The number of benzene rings is 1. The van der Waals surface area contributed by atoms with Crippen molar-refractivity contribution >= 4 is 10.9 Å². The summed E-state index contributed by atoms with van der Waals surface area (Å²) in [5.74, 6) is 0.860. The van der Waals surface area contributed by atoms with Gasteiger partial charge in [0.2, 0.25) is 0 Å². The number of hydrogen-bond acceptors (Lipinski definition) is 0. The van der Waals surface area contributed by atoms with Crippen molar-refractivity contribution in [2.75, 3.05) is 0 Å². The van der Waals surface area contributed by atoms with Crippen LogP contribution in [0.4, 0.5) is 0 Å². The lowest BCUT2D eigenvalue weighted by molar-refractivity contribution is 0.966. The molecule has 1 aliphatic carbocycles. The Kier molecular flexibility index (Phi) is 1.32. The zero-order valence-corrected chi connectivity index (χ0v) is 7.83. The molecule has 13 heavy (non-hydrogen) atoms. The van der Waals surface area contributed by atoms with Crippen LogP contribution in [0.2, 0.25) is 0 Å². The fourth-order valence-corrected chi connectivity index (χ4v) is 1.95. The van der Waals surface area contributed by atoms with Gasteiger partial charge in [0.1, 0.15) is 0 Å². The molecule has 1 heterocycles. The van der Waals surface area contributed by atoms with Gasteiger partial charge < -0.3 is 4.57 Å². The van der Waals surface area contributed by atoms with E-state index < -0.39 is 0 Å². The van der Waals surface area contributed by atoms with Crippen molar-refractivity contribution in [2.24, 2.45) is 7.05 Å². The van der Waals surface area contributed by atoms with E-state index in [9.17, 15) is 0 Å². The van der Waals surface area contributed by atoms with Gasteiger partial charge in [0.05, 0.1) is 0 Å². The van der Waals surface area contributed by atoms with Gasteiger partial charge in [-0.1, -0.05) is 12.1 Å². The maximum atomic E-state index is 2.34. The third kappa shape index (κ3) is 1.07. The lowest BCUT2D eigenvalue weighted by atomic mass is 10.1. The topological polar surface area (TPSA) is 4.93 Å². The molecule has 0 amide bonds. The summed E-state index contributed by atoms with van der Waals surface area (Å²) < 4.78 is 2.20. The Morgan fingerprint density at radius 1 is 1.23 bits per heavy atom. The second-order valence-electron chi connectivity index (χ2n) is 4.02. The van der Waals surface area contributed by atoms with Crippen molar-refractivity contribution in [3.05, 3.63) is 36.0 Å². The summed E-state index contributed by atoms with van der Waals surface area (Å²) in [6.07, 6.45) is 4.90. The van der Waals surface area contributed by atoms with E-state index in [0.29, 0.717) is 0 Å². The standard InChI is InChI=1S/C12H13N/c1-13-7-6-10-4-5-11(8-12(10)13)9-2-3-9/h4-9H,2-3H2,1H3. The van der Waals surface area contributed by atoms with Crippen LogP contribution in [0, 0.1) is 0 Å². The first-order valence-corrected chi connectivity index (χ1v) is 4.89. The van der Waals surface area contributed by atoms with Gasteiger partial charge in [0.25, 0.3) is 0 Å². The van der Waals surface area contributed by atoms with Gasteiger partial charge in [-0.05, 0) is 41.8 Å². The zero-order valence-electron chi connectivity index (χ0n) is 7.83. The summed E-state index contributed by atoms with van der Waals surface area (Å²) >= 11 is 0. The largest absolute Gasteiger partial charge is 0.351 e. The number of nitrogens with zero attached hydrogens (tertiary/aromatic N) is 1. The summed E-state index contributed by atoms with van der Waals surface area (Å²) in [7, 11) is 2.11. The smallest absolute Gasteiger partial charge is 0.0480 e. The molecule has 0 unspecified atom stereocenters. The fraction of sp³-hybridized carbons (Fsp3) is 0.333. The first kappa shape index (κ1) is 7.19. The SMILES string of the molecule is Cn1ccc2ccc(C3CC3)cc21. The van der Waals surface area contributed by atoms with Crippen LogP contribution in [-0.4, -0.2) is 4.57 Å². The Bertz CT molecular complexity index is 449. The quantitative estimate of drug-likeness (QED) is 0.621. The van der Waals surface area contributed by atoms with Crippen molar-refractivity contribution in [3.63, 3.8) is 0 Å². The summed E-state index contributed by atoms with van der Waals surface area (Å²) in [5.41, 5.74) is 2.89. The highest BCUT2D eigenvalue weighted by atomic mass is 14.9. The van der Waals surface area contributed by atoms with Crippen LogP contribution in [0.15, 0.2) is 30.5 Å². The molecule has 1 nitrogen and oxygen atoms in total. The van der Waals surface area contributed by atoms with E-state index in [0.717, 1.165) is 5.92 Å². The highest BCUT2D eigenvalue weighted by molar-refractivity contribution is 5.80. The van der Waals surface area contributed by atoms with Gasteiger partial charge >= 0.3 is 0 Å². The zero-order chi connectivity index (χ0) is 8.84. The fourth-order valence-electron chi connectivity index (χ4n) is 1.95. The monoisotopic (exact) mass is 171 g/mol. The molecule has 1 aromatic heterocycles. The lowest BCUT2D eigenvalue weighted by Gasteiger charge is -2.00. The molecule has 2 aromatic rings. The number of hydrogen-bond donors (Lipinski definition) is 0. The van der Waals surface area contributed by atoms with Crippen LogP contribution in [0.1, 0.15) is 24.3 Å². The van der Waals surface area contributed by atoms with Crippen molar-refractivity contribution in [3.8, 4) is 0 Å². The third-order valence-corrected chi connectivity index (χ3v) is 2.96. The van der Waals surface area contributed by atoms with E-state index in [2.05, 4.69) is 42.1 Å². The Hall–Kier alpha value is -1.24. The Morgan fingerprint density at radius 2 is 2.08 bits per heavy atom. The molecule has 0 aliphatic heterocycles. The molecule has 66 valence electrons. The van der Waals surface area contributed by atoms with E-state index in [4.69, 9.17) is 0 Å². The van der Waals surface area contributed by atoms with Gasteiger partial charge in [0, 0.05) is 18.8 Å². The van der Waals surface area contributed by atoms with E-state index >= 15 is 0 Å². The second kappa shape index (κ2) is 2.38. The van der Waals surface area contributed by atoms with E-state index in [-0.39, 0.29) is 0 Å². The predicted molar refractivity (Wildman–Crippen MR) is 54.9 cm³/mol. The molecule has 3 rings (SSSR count). The number of aryl methyl sites for hydroxylation is 1. The van der Waals surface area contributed by atoms with Crippen LogP contribution in [0.3, 0.4) is 0 Å². The molecule has 1 aromatic carbocycles. The molecule has 0 atom stereocenters. The minimum atomic E-state index is 0.860. The summed E-state index contributed by atoms with van der Waals surface area (Å²) in [6, 6.07) is 9.03. The van der Waals surface area contributed by atoms with E-state index in [1.54, 1.807) is 0 Å². The molecule has 1 aliphatic rings. The van der Waals surface area contributed by atoms with Crippen molar-refractivity contribution in [2.45, 2.75) is 18.8 Å². The van der Waals surface area contributed by atoms with Crippen LogP contribution in [0.25, 0.3) is 10.9 Å². The summed E-state index contributed by atoms with van der Waals surface area (Å²) in [5, 5.41) is 1.35. The molecule has 0 N–H and O–H groups in total. The molecule has 0 bridgehead atoms. The molecule has 1 saturated carbocycles. The van der Waals surface area contributed by atoms with Gasteiger partial charge in [-0.15, -0.1) is 0 Å². The molecule has 1 fully saturated rings. The molecule has 0 spiro atoms. The highest BCUT2D eigenvalue weighted by Gasteiger charge is 2.23. The molecular formula is C12H13N. The molecule has 0 saturated heterocycles. The lowest BCUT2D eigenvalue weighted by Crippen LogP contribution is -1.85. The maximum absolute atomic E-state index is 2.34. The first-order valence-electron chi connectivity index (χ1n) is 4.89. The van der Waals surface area contributed by atoms with Gasteiger partial charge in [-0.3, -0.25) is 0 Å². The average molecular weight is 171 g/mol. The first-order chi connectivity index (χ1) is 6.34. The van der Waals surface area contributed by atoms with Crippen LogP contribution in [0.5, 0.6) is 0 Å². The molecule has 0 radical (unpaired) electrons. The Balaban J connectivity index is 2.24. The summed E-state index contributed by atoms with van der Waals surface area (Å²) in [4.78, 5) is 0. The Labute approximate surface area is 78.0 Å². The van der Waals surface area contributed by atoms with Crippen molar-refractivity contribution in [1.29, 1.82) is 0 Å². The maximum Gasteiger partial charge on any atom is 0.0480 e. The second-order valence-corrected chi connectivity index (χ2v) is 4.02. The number of aromatic nitrogens is 1. The third-order valence-electron chi connectivity index (χ3n) is 2.96. The van der Waals surface area contributed by atoms with Crippen LogP contribution in [-0.2, 0) is 7.05 Å². The normalized spacial score (nSPS) is 16.7. The van der Waals surface area contributed by atoms with Gasteiger partial charge in [-0.25, -0.2) is 0 Å². The number of fused-ring (bicyclic) bond motifs is 1. The highest BCUT2D eigenvalue weighted by Crippen LogP contribution is 2.40. The molecular weight excluding hydrogens is 158 g/mol. The minimum Gasteiger partial charge on any atom is -0.351 e. The van der Waals surface area contributed by atoms with Crippen molar-refractivity contribution < 1.29 is 0 Å². The average Bonchev–Trinajstić information content (AvgIpc) is 2.93. The van der Waals surface area contributed by atoms with E-state index in [1.807, 2.05) is 0 Å². The van der Waals surface area contributed by atoms with Crippen LogP contribution < -0.4 is 0 Å². The minimum absolute atomic E-state index is 0.860. The van der Waals surface area contributed by atoms with Crippen molar-refractivity contribution in [1.82, 2.24) is 4.57 Å². The van der Waals surface area contributed by atoms with E-state index in [1.165, 1.54) is 29.3 Å². The van der Waals surface area contributed by atoms with Gasteiger partial charge in [-0.2, -0.15) is 0 Å². The predicted octanol–water partition coefficient (Wildman–Crippen LogP) is 3.06. The van der Waals surface area contributed by atoms with Crippen LogP contribution >= 0.6 is 0 Å². The summed E-state index contributed by atoms with van der Waals surface area (Å²) in [6.45, 7) is 0. The Morgan fingerprint density at radius 3 is 2.85 bits per heavy atom. The molecule has 1 heteroatoms.